The second kappa shape index (κ2) is 8.66. The third-order valence-electron chi connectivity index (χ3n) is 6.06. The molecule has 0 unspecified atom stereocenters. The molecule has 164 valence electrons. The molecule has 2 aromatic rings. The van der Waals surface area contributed by atoms with Gasteiger partial charge in [-0.15, -0.1) is 0 Å². The van der Waals surface area contributed by atoms with Gasteiger partial charge in [0.15, 0.2) is 0 Å². The number of carbonyl (C=O) groups is 2. The maximum Gasteiger partial charge on any atom is 0.253 e. The molecule has 4 rings (SSSR count). The number of nitrogens with two attached hydrogens (primary N) is 2. The number of benzene rings is 2. The number of nitrogens with zero attached hydrogens (tertiary/aromatic N) is 2. The van der Waals surface area contributed by atoms with Gasteiger partial charge < -0.3 is 31.3 Å². The van der Waals surface area contributed by atoms with Crippen LogP contribution in [0.15, 0.2) is 42.5 Å². The monoisotopic (exact) mass is 423 g/mol. The predicted molar refractivity (Wildman–Crippen MR) is 120 cm³/mol. The molecule has 2 amide bonds. The summed E-state index contributed by atoms with van der Waals surface area (Å²) in [5.74, 6) is -0.112. The molecule has 2 heterocycles. The van der Waals surface area contributed by atoms with E-state index in [0.717, 1.165) is 22.4 Å². The van der Waals surface area contributed by atoms with E-state index in [1.54, 1.807) is 9.80 Å². The highest BCUT2D eigenvalue weighted by Crippen LogP contribution is 2.26. The average molecular weight is 424 g/mol. The van der Waals surface area contributed by atoms with E-state index < -0.39 is 5.54 Å². The van der Waals surface area contributed by atoms with Gasteiger partial charge in [-0.05, 0) is 34.9 Å². The summed E-state index contributed by atoms with van der Waals surface area (Å²) >= 11 is 0. The van der Waals surface area contributed by atoms with E-state index >= 15 is 0 Å². The second-order valence-electron chi connectivity index (χ2n) is 8.14. The fourth-order valence-corrected chi connectivity index (χ4v) is 4.03. The molecule has 31 heavy (non-hydrogen) atoms. The molecule has 0 spiro atoms. The summed E-state index contributed by atoms with van der Waals surface area (Å²) in [4.78, 5) is 29.0. The zero-order valence-electron chi connectivity index (χ0n) is 17.8. The summed E-state index contributed by atoms with van der Waals surface area (Å²) in [6.07, 6.45) is 0. The summed E-state index contributed by atoms with van der Waals surface area (Å²) < 4.78 is 5.09. The summed E-state index contributed by atoms with van der Waals surface area (Å²) in [7, 11) is 1.88. The van der Waals surface area contributed by atoms with Crippen LogP contribution >= 0.6 is 0 Å². The molecule has 0 radical (unpaired) electrons. The number of amides is 2. The Morgan fingerprint density at radius 3 is 2.16 bits per heavy atom. The van der Waals surface area contributed by atoms with E-state index in [-0.39, 0.29) is 25.0 Å². The predicted octanol–water partition coefficient (Wildman–Crippen LogP) is 0.866. The fourth-order valence-electron chi connectivity index (χ4n) is 4.03. The minimum atomic E-state index is -0.891. The van der Waals surface area contributed by atoms with Crippen molar-refractivity contribution in [2.24, 2.45) is 11.5 Å². The van der Waals surface area contributed by atoms with E-state index in [2.05, 4.69) is 11.4 Å². The highest BCUT2D eigenvalue weighted by Gasteiger charge is 2.45. The first-order chi connectivity index (χ1) is 14.9. The second-order valence-corrected chi connectivity index (χ2v) is 8.14. The first-order valence-electron chi connectivity index (χ1n) is 10.5. The van der Waals surface area contributed by atoms with Gasteiger partial charge in [0.05, 0.1) is 13.2 Å². The minimum Gasteiger partial charge on any atom is -0.388 e. The van der Waals surface area contributed by atoms with Crippen LogP contribution in [0.5, 0.6) is 0 Å². The molecule has 5 N–H and O–H groups in total. The number of ether oxygens (including phenoxy) is 1. The third-order valence-corrected chi connectivity index (χ3v) is 6.06. The van der Waals surface area contributed by atoms with Crippen molar-refractivity contribution in [3.8, 4) is 11.1 Å². The van der Waals surface area contributed by atoms with Crippen molar-refractivity contribution in [3.05, 3.63) is 53.6 Å². The number of carbonyl (C=O) groups excluding carboxylic acids is 2. The third kappa shape index (κ3) is 4.14. The fraction of sp³-hybridized carbons (Fsp3) is 0.391. The van der Waals surface area contributed by atoms with Crippen LogP contribution in [0, 0.1) is 0 Å². The van der Waals surface area contributed by atoms with Crippen molar-refractivity contribution in [1.29, 1.82) is 0 Å². The van der Waals surface area contributed by atoms with Crippen LogP contribution in [-0.4, -0.2) is 73.6 Å². The van der Waals surface area contributed by atoms with Crippen molar-refractivity contribution in [1.82, 2.24) is 9.80 Å². The Balaban J connectivity index is 1.39. The number of anilines is 1. The topological polar surface area (TPSA) is 114 Å². The SMILES string of the molecule is CNc1cc(-c2ccc(C(=O)N3CCN(C(=O)C4(N)COC4)CC3)cc2)ccc1CN. The molecule has 8 nitrogen and oxygen atoms in total. The molecule has 2 aromatic carbocycles. The highest BCUT2D eigenvalue weighted by atomic mass is 16.5. The Labute approximate surface area is 182 Å². The van der Waals surface area contributed by atoms with Crippen molar-refractivity contribution >= 4 is 17.5 Å². The molecule has 2 fully saturated rings. The Morgan fingerprint density at radius 1 is 1.00 bits per heavy atom. The van der Waals surface area contributed by atoms with Gasteiger partial charge in [-0.25, -0.2) is 0 Å². The first kappa shape index (κ1) is 21.3. The summed E-state index contributed by atoms with van der Waals surface area (Å²) in [6.45, 7) is 2.97. The number of hydrogen-bond acceptors (Lipinski definition) is 6. The minimum absolute atomic E-state index is 0.0255. The summed E-state index contributed by atoms with van der Waals surface area (Å²) in [5, 5.41) is 3.17. The van der Waals surface area contributed by atoms with Crippen LogP contribution in [0.3, 0.4) is 0 Å². The maximum absolute atomic E-state index is 12.9. The molecule has 8 heteroatoms. The standard InChI is InChI=1S/C23H29N5O3/c1-26-20-12-18(6-7-19(20)13-24)16-2-4-17(5-3-16)21(29)27-8-10-28(11-9-27)22(30)23(25)14-31-15-23/h2-7,12,26H,8-11,13-15,24-25H2,1H3. The van der Waals surface area contributed by atoms with Crippen LogP contribution in [0.4, 0.5) is 5.69 Å². The van der Waals surface area contributed by atoms with E-state index in [1.165, 1.54) is 0 Å². The van der Waals surface area contributed by atoms with Gasteiger partial charge in [-0.2, -0.15) is 0 Å². The number of piperazine rings is 1. The van der Waals surface area contributed by atoms with Crippen LogP contribution in [0.2, 0.25) is 0 Å². The molecule has 0 atom stereocenters. The Kier molecular flexibility index (Phi) is 5.95. The lowest BCUT2D eigenvalue weighted by atomic mass is 9.96. The van der Waals surface area contributed by atoms with E-state index in [4.69, 9.17) is 16.2 Å². The summed E-state index contributed by atoms with van der Waals surface area (Å²) in [6, 6.07) is 13.7. The molecule has 2 saturated heterocycles. The normalized spacial score (nSPS) is 17.8. The van der Waals surface area contributed by atoms with E-state index in [0.29, 0.717) is 38.3 Å². The molecule has 0 aliphatic carbocycles. The van der Waals surface area contributed by atoms with Crippen molar-refractivity contribution in [2.45, 2.75) is 12.1 Å². The maximum atomic E-state index is 12.9. The van der Waals surface area contributed by atoms with Crippen LogP contribution in [0.1, 0.15) is 15.9 Å². The van der Waals surface area contributed by atoms with E-state index in [1.807, 2.05) is 43.4 Å². The van der Waals surface area contributed by atoms with Gasteiger partial charge in [-0.3, -0.25) is 9.59 Å². The van der Waals surface area contributed by atoms with Gasteiger partial charge in [0, 0.05) is 51.0 Å². The zero-order valence-corrected chi connectivity index (χ0v) is 17.8. The van der Waals surface area contributed by atoms with Gasteiger partial charge >= 0.3 is 0 Å². The van der Waals surface area contributed by atoms with Crippen molar-refractivity contribution < 1.29 is 14.3 Å². The van der Waals surface area contributed by atoms with Crippen molar-refractivity contribution in [3.63, 3.8) is 0 Å². The molecular formula is C23H29N5O3. The summed E-state index contributed by atoms with van der Waals surface area (Å²) in [5.41, 5.74) is 15.7. The zero-order chi connectivity index (χ0) is 22.0. The van der Waals surface area contributed by atoms with Crippen molar-refractivity contribution in [2.75, 3.05) is 51.8 Å². The smallest absolute Gasteiger partial charge is 0.253 e. The van der Waals surface area contributed by atoms with Gasteiger partial charge in [0.25, 0.3) is 5.91 Å². The van der Waals surface area contributed by atoms with Crippen LogP contribution < -0.4 is 16.8 Å². The van der Waals surface area contributed by atoms with Gasteiger partial charge in [0.1, 0.15) is 5.54 Å². The van der Waals surface area contributed by atoms with Gasteiger partial charge in [0.2, 0.25) is 5.91 Å². The lowest BCUT2D eigenvalue weighted by Gasteiger charge is -2.43. The molecule has 0 aromatic heterocycles. The highest BCUT2D eigenvalue weighted by molar-refractivity contribution is 5.95. The van der Waals surface area contributed by atoms with E-state index in [9.17, 15) is 9.59 Å². The average Bonchev–Trinajstić information content (AvgIpc) is 2.81. The molecule has 2 aliphatic heterocycles. The lowest BCUT2D eigenvalue weighted by molar-refractivity contribution is -0.155. The molecule has 0 saturated carbocycles. The first-order valence-corrected chi connectivity index (χ1v) is 10.5. The lowest BCUT2D eigenvalue weighted by Crippen LogP contribution is -2.68. The number of nitrogens with one attached hydrogen (secondary N) is 1. The number of rotatable bonds is 5. The molecule has 2 aliphatic rings. The largest absolute Gasteiger partial charge is 0.388 e. The van der Waals surface area contributed by atoms with Gasteiger partial charge in [-0.1, -0.05) is 24.3 Å². The quantitative estimate of drug-likeness (QED) is 0.658. The van der Waals surface area contributed by atoms with Crippen LogP contribution in [-0.2, 0) is 16.1 Å². The molecule has 0 bridgehead atoms. The number of hydrogen-bond donors (Lipinski definition) is 3. The molecular weight excluding hydrogens is 394 g/mol. The Bertz CT molecular complexity index is 964. The Morgan fingerprint density at radius 2 is 1.61 bits per heavy atom. The Hall–Kier alpha value is -2.94. The van der Waals surface area contributed by atoms with Crippen LogP contribution in [0.25, 0.3) is 11.1 Å².